The molecule has 0 spiro atoms. The van der Waals surface area contributed by atoms with Crippen LogP contribution in [0.1, 0.15) is 26.7 Å². The van der Waals surface area contributed by atoms with Crippen LogP contribution < -0.4 is 16.0 Å². The van der Waals surface area contributed by atoms with Gasteiger partial charge in [0.1, 0.15) is 18.0 Å². The maximum Gasteiger partial charge on any atom is 0.133 e. The van der Waals surface area contributed by atoms with Gasteiger partial charge in [-0.25, -0.2) is 9.97 Å². The van der Waals surface area contributed by atoms with Gasteiger partial charge in [0.05, 0.1) is 0 Å². The summed E-state index contributed by atoms with van der Waals surface area (Å²) in [5.74, 6) is 2.54. The van der Waals surface area contributed by atoms with E-state index in [4.69, 9.17) is 5.73 Å². The minimum absolute atomic E-state index is 0.623. The maximum atomic E-state index is 5.53. The van der Waals surface area contributed by atoms with Gasteiger partial charge in [-0.2, -0.15) is 0 Å². The largest absolute Gasteiger partial charge is 0.370 e. The number of hydrogen-bond donors (Lipinski definition) is 2. The van der Waals surface area contributed by atoms with Crippen LogP contribution in [0.2, 0.25) is 0 Å². The molecule has 0 saturated heterocycles. The topological polar surface area (TPSA) is 67.1 Å². The summed E-state index contributed by atoms with van der Waals surface area (Å²) >= 11 is 0. The summed E-state index contributed by atoms with van der Waals surface area (Å²) in [5, 5.41) is 3.33. The molecule has 102 valence electrons. The van der Waals surface area contributed by atoms with Gasteiger partial charge >= 0.3 is 0 Å². The first kappa shape index (κ1) is 14.7. The number of anilines is 2. The summed E-state index contributed by atoms with van der Waals surface area (Å²) in [6.07, 6.45) is 3.99. The first-order valence-corrected chi connectivity index (χ1v) is 6.60. The third kappa shape index (κ3) is 5.31. The summed E-state index contributed by atoms with van der Waals surface area (Å²) in [6, 6.07) is 1.96. The molecule has 0 saturated carbocycles. The molecule has 0 radical (unpaired) electrons. The van der Waals surface area contributed by atoms with E-state index in [1.54, 1.807) is 6.33 Å². The van der Waals surface area contributed by atoms with Crippen LogP contribution in [0.4, 0.5) is 11.6 Å². The summed E-state index contributed by atoms with van der Waals surface area (Å²) in [7, 11) is 1.98. The van der Waals surface area contributed by atoms with Crippen LogP contribution in [-0.4, -0.2) is 36.6 Å². The molecule has 0 bridgehead atoms. The molecular formula is C13H25N5. The monoisotopic (exact) mass is 251 g/mol. The highest BCUT2D eigenvalue weighted by molar-refractivity contribution is 5.47. The minimum atomic E-state index is 0.623. The Labute approximate surface area is 110 Å². The van der Waals surface area contributed by atoms with Crippen molar-refractivity contribution in [3.8, 4) is 0 Å². The Morgan fingerprint density at radius 3 is 2.83 bits per heavy atom. The van der Waals surface area contributed by atoms with Gasteiger partial charge in [-0.3, -0.25) is 0 Å². The first-order chi connectivity index (χ1) is 8.63. The molecule has 1 aromatic heterocycles. The van der Waals surface area contributed by atoms with Crippen LogP contribution >= 0.6 is 0 Å². The van der Waals surface area contributed by atoms with E-state index in [9.17, 15) is 0 Å². The molecule has 5 nitrogen and oxygen atoms in total. The molecule has 5 heteroatoms. The fraction of sp³-hybridized carbons (Fsp3) is 0.692. The van der Waals surface area contributed by atoms with Gasteiger partial charge in [-0.05, 0) is 18.8 Å². The second-order valence-corrected chi connectivity index (χ2v) is 4.93. The molecule has 1 heterocycles. The molecule has 0 aliphatic carbocycles. The molecular weight excluding hydrogens is 226 g/mol. The third-order valence-corrected chi connectivity index (χ3v) is 2.77. The summed E-state index contributed by atoms with van der Waals surface area (Å²) < 4.78 is 0. The lowest BCUT2D eigenvalue weighted by molar-refractivity contribution is 0.566. The van der Waals surface area contributed by atoms with Crippen LogP contribution in [-0.2, 0) is 0 Å². The Morgan fingerprint density at radius 2 is 2.17 bits per heavy atom. The molecule has 0 aliphatic heterocycles. The van der Waals surface area contributed by atoms with E-state index >= 15 is 0 Å². The highest BCUT2D eigenvalue weighted by atomic mass is 15.2. The standard InChI is InChI=1S/C13H25N5/c1-11(2)5-4-7-15-12-9-13(17-10-16-12)18(3)8-6-14/h9-11H,4-8,14H2,1-3H3,(H,15,16,17). The van der Waals surface area contributed by atoms with E-state index in [1.807, 2.05) is 18.0 Å². The molecule has 0 amide bonds. The minimum Gasteiger partial charge on any atom is -0.370 e. The number of nitrogens with one attached hydrogen (secondary N) is 1. The number of rotatable bonds is 8. The maximum absolute atomic E-state index is 5.53. The van der Waals surface area contributed by atoms with Crippen LogP contribution in [0.15, 0.2) is 12.4 Å². The predicted octanol–water partition coefficient (Wildman–Crippen LogP) is 1.72. The molecule has 18 heavy (non-hydrogen) atoms. The van der Waals surface area contributed by atoms with E-state index in [0.29, 0.717) is 6.54 Å². The number of nitrogens with two attached hydrogens (primary N) is 1. The van der Waals surface area contributed by atoms with Gasteiger partial charge in [0.25, 0.3) is 0 Å². The molecule has 0 aliphatic rings. The zero-order valence-corrected chi connectivity index (χ0v) is 11.7. The highest BCUT2D eigenvalue weighted by Gasteiger charge is 2.03. The summed E-state index contributed by atoms with van der Waals surface area (Å²) in [6.45, 7) is 6.85. The fourth-order valence-electron chi connectivity index (χ4n) is 1.69. The van der Waals surface area contributed by atoms with Crippen molar-refractivity contribution in [3.63, 3.8) is 0 Å². The second kappa shape index (κ2) is 7.87. The lowest BCUT2D eigenvalue weighted by atomic mass is 10.1. The third-order valence-electron chi connectivity index (χ3n) is 2.77. The SMILES string of the molecule is CC(C)CCCNc1cc(N(C)CCN)ncn1. The van der Waals surface area contributed by atoms with E-state index < -0.39 is 0 Å². The lowest BCUT2D eigenvalue weighted by Crippen LogP contribution is -2.25. The normalized spacial score (nSPS) is 10.7. The zero-order chi connectivity index (χ0) is 13.4. The molecule has 0 atom stereocenters. The zero-order valence-electron chi connectivity index (χ0n) is 11.7. The van der Waals surface area contributed by atoms with E-state index in [-0.39, 0.29) is 0 Å². The van der Waals surface area contributed by atoms with Gasteiger partial charge in [-0.15, -0.1) is 0 Å². The van der Waals surface area contributed by atoms with Gasteiger partial charge in [-0.1, -0.05) is 13.8 Å². The van der Waals surface area contributed by atoms with Crippen molar-refractivity contribution >= 4 is 11.6 Å². The molecule has 1 aromatic rings. The quantitative estimate of drug-likeness (QED) is 0.689. The van der Waals surface area contributed by atoms with Crippen molar-refractivity contribution in [2.75, 3.05) is 36.9 Å². The van der Waals surface area contributed by atoms with Crippen molar-refractivity contribution in [2.45, 2.75) is 26.7 Å². The molecule has 0 unspecified atom stereocenters. The number of hydrogen-bond acceptors (Lipinski definition) is 5. The first-order valence-electron chi connectivity index (χ1n) is 6.60. The van der Waals surface area contributed by atoms with Crippen molar-refractivity contribution in [1.29, 1.82) is 0 Å². The fourth-order valence-corrected chi connectivity index (χ4v) is 1.69. The van der Waals surface area contributed by atoms with Crippen LogP contribution in [0.3, 0.4) is 0 Å². The average molecular weight is 251 g/mol. The van der Waals surface area contributed by atoms with E-state index in [2.05, 4.69) is 29.1 Å². The van der Waals surface area contributed by atoms with Gasteiger partial charge < -0.3 is 16.0 Å². The predicted molar refractivity (Wildman–Crippen MR) is 76.9 cm³/mol. The smallest absolute Gasteiger partial charge is 0.133 e. The molecule has 0 fully saturated rings. The van der Waals surface area contributed by atoms with Crippen LogP contribution in [0.5, 0.6) is 0 Å². The lowest BCUT2D eigenvalue weighted by Gasteiger charge is -2.17. The van der Waals surface area contributed by atoms with Gasteiger partial charge in [0.2, 0.25) is 0 Å². The van der Waals surface area contributed by atoms with Crippen LogP contribution in [0, 0.1) is 5.92 Å². The Kier molecular flexibility index (Phi) is 6.43. The summed E-state index contributed by atoms with van der Waals surface area (Å²) in [4.78, 5) is 10.5. The van der Waals surface area contributed by atoms with Gasteiger partial charge in [0, 0.05) is 32.7 Å². The Bertz CT molecular complexity index is 340. The Morgan fingerprint density at radius 1 is 1.39 bits per heavy atom. The van der Waals surface area contributed by atoms with E-state index in [0.717, 1.165) is 37.1 Å². The number of likely N-dealkylation sites (N-methyl/N-ethyl adjacent to an activating group) is 1. The van der Waals surface area contributed by atoms with Crippen molar-refractivity contribution < 1.29 is 0 Å². The highest BCUT2D eigenvalue weighted by Crippen LogP contribution is 2.12. The van der Waals surface area contributed by atoms with Crippen molar-refractivity contribution in [3.05, 3.63) is 12.4 Å². The van der Waals surface area contributed by atoms with E-state index in [1.165, 1.54) is 6.42 Å². The number of nitrogens with zero attached hydrogens (tertiary/aromatic N) is 3. The molecule has 0 aromatic carbocycles. The van der Waals surface area contributed by atoms with Crippen molar-refractivity contribution in [2.24, 2.45) is 11.7 Å². The molecule has 3 N–H and O–H groups in total. The van der Waals surface area contributed by atoms with Crippen molar-refractivity contribution in [1.82, 2.24) is 9.97 Å². The number of aromatic nitrogens is 2. The summed E-state index contributed by atoms with van der Waals surface area (Å²) in [5.41, 5.74) is 5.53. The Balaban J connectivity index is 2.44. The Hall–Kier alpha value is -1.36. The molecule has 1 rings (SSSR count). The average Bonchev–Trinajstić information content (AvgIpc) is 2.35. The van der Waals surface area contributed by atoms with Gasteiger partial charge in [0.15, 0.2) is 0 Å². The van der Waals surface area contributed by atoms with Crippen LogP contribution in [0.25, 0.3) is 0 Å². The second-order valence-electron chi connectivity index (χ2n) is 4.93.